The third-order valence-corrected chi connectivity index (χ3v) is 6.25. The van der Waals surface area contributed by atoms with Gasteiger partial charge >= 0.3 is 0 Å². The number of thiazole rings is 1. The Morgan fingerprint density at radius 3 is 2.12 bits per heavy atom. The van der Waals surface area contributed by atoms with Crippen LogP contribution in [0.25, 0.3) is 0 Å². The number of hydrogen-bond donors (Lipinski definition) is 2. The third kappa shape index (κ3) is 27.1. The fourth-order valence-corrected chi connectivity index (χ4v) is 4.00. The van der Waals surface area contributed by atoms with Crippen molar-refractivity contribution in [1.29, 1.82) is 0 Å². The molecule has 1 saturated heterocycles. The first kappa shape index (κ1) is 44.5. The van der Waals surface area contributed by atoms with E-state index < -0.39 is 0 Å². The van der Waals surface area contributed by atoms with Crippen LogP contribution in [0.15, 0.2) is 55.2 Å². The summed E-state index contributed by atoms with van der Waals surface area (Å²) >= 11 is 1.56. The Balaban J connectivity index is -0.000000267. The van der Waals surface area contributed by atoms with Gasteiger partial charge in [-0.2, -0.15) is 0 Å². The molecule has 1 aromatic heterocycles. The van der Waals surface area contributed by atoms with Crippen LogP contribution in [0.4, 0.5) is 0 Å². The van der Waals surface area contributed by atoms with Crippen molar-refractivity contribution >= 4 is 23.5 Å². The van der Waals surface area contributed by atoms with E-state index in [0.29, 0.717) is 23.9 Å². The fraction of sp³-hybridized carbons (Fsp3) is 0.606. The number of rotatable bonds is 10. The van der Waals surface area contributed by atoms with E-state index in [1.54, 1.807) is 23.5 Å². The van der Waals surface area contributed by atoms with E-state index in [1.165, 1.54) is 0 Å². The molecule has 6 nitrogen and oxygen atoms in total. The predicted octanol–water partition coefficient (Wildman–Crippen LogP) is 9.29. The molecule has 40 heavy (non-hydrogen) atoms. The number of likely N-dealkylation sites (N-methyl/N-ethyl adjacent to an activating group) is 1. The number of nitrogens with zero attached hydrogens (tertiary/aromatic N) is 2. The smallest absolute Gasteiger partial charge is 0.222 e. The summed E-state index contributed by atoms with van der Waals surface area (Å²) in [5.74, 6) is 0.706. The first-order valence-corrected chi connectivity index (χ1v) is 15.7. The number of likely N-dealkylation sites (tertiary alicyclic amines) is 1. The number of aldehydes is 1. The number of unbranched alkanes of at least 4 members (excludes halogenated alkanes) is 2. The van der Waals surface area contributed by atoms with Crippen molar-refractivity contribution in [3.05, 3.63) is 65.9 Å². The Bertz CT molecular complexity index is 752. The van der Waals surface area contributed by atoms with Crippen molar-refractivity contribution in [2.24, 2.45) is 0 Å². The average Bonchev–Trinajstić information content (AvgIpc) is 3.49. The molecule has 1 fully saturated rings. The van der Waals surface area contributed by atoms with Crippen LogP contribution in [-0.2, 0) is 4.79 Å². The van der Waals surface area contributed by atoms with Gasteiger partial charge in [0.1, 0.15) is 5.69 Å². The van der Waals surface area contributed by atoms with Gasteiger partial charge in [-0.05, 0) is 59.6 Å². The van der Waals surface area contributed by atoms with Gasteiger partial charge in [0.2, 0.25) is 5.91 Å². The summed E-state index contributed by atoms with van der Waals surface area (Å²) in [4.78, 5) is 29.0. The molecule has 0 aliphatic carbocycles. The summed E-state index contributed by atoms with van der Waals surface area (Å²) in [6, 6.07) is 0.269. The zero-order valence-electron chi connectivity index (χ0n) is 27.1. The maximum atomic E-state index is 12.0. The number of carbonyl (C=O) groups excluding carboxylic acids is 2. The van der Waals surface area contributed by atoms with Gasteiger partial charge < -0.3 is 15.3 Å². The summed E-state index contributed by atoms with van der Waals surface area (Å²) in [5, 5.41) is 13.9. The second-order valence-electron chi connectivity index (χ2n) is 8.26. The number of aliphatic hydroxyl groups excluding tert-OH is 1. The van der Waals surface area contributed by atoms with Gasteiger partial charge in [0, 0.05) is 36.9 Å². The third-order valence-electron chi connectivity index (χ3n) is 5.22. The lowest BCUT2D eigenvalue weighted by Crippen LogP contribution is -2.37. The number of carbonyl (C=O) groups is 2. The number of aromatic nitrogens is 1. The van der Waals surface area contributed by atoms with Gasteiger partial charge in [-0.1, -0.05) is 71.8 Å². The van der Waals surface area contributed by atoms with Crippen LogP contribution in [-0.4, -0.2) is 53.4 Å². The Morgan fingerprint density at radius 2 is 1.77 bits per heavy atom. The Hall–Kier alpha value is -2.51. The predicted molar refractivity (Wildman–Crippen MR) is 179 cm³/mol. The molecule has 0 aromatic carbocycles. The van der Waals surface area contributed by atoms with E-state index in [-0.39, 0.29) is 6.04 Å². The number of hydrogen-bond acceptors (Lipinski definition) is 6. The molecule has 2 rings (SSSR count). The van der Waals surface area contributed by atoms with E-state index in [4.69, 9.17) is 5.11 Å². The molecule has 1 aromatic rings. The lowest BCUT2D eigenvalue weighted by Gasteiger charge is -2.31. The van der Waals surface area contributed by atoms with Crippen LogP contribution in [0.3, 0.4) is 0 Å². The molecule has 0 radical (unpaired) electrons. The van der Waals surface area contributed by atoms with E-state index in [1.807, 2.05) is 77.9 Å². The van der Waals surface area contributed by atoms with E-state index in [2.05, 4.69) is 36.5 Å². The van der Waals surface area contributed by atoms with Gasteiger partial charge in [0.15, 0.2) is 6.29 Å². The molecule has 1 atom stereocenters. The number of nitrogens with one attached hydrogen (secondary N) is 1. The lowest BCUT2D eigenvalue weighted by molar-refractivity contribution is -0.132. The van der Waals surface area contributed by atoms with Crippen LogP contribution >= 0.6 is 11.3 Å². The van der Waals surface area contributed by atoms with Gasteiger partial charge in [0.05, 0.1) is 11.3 Å². The highest BCUT2D eigenvalue weighted by atomic mass is 32.1. The normalized spacial score (nSPS) is 12.9. The van der Waals surface area contributed by atoms with Crippen molar-refractivity contribution in [2.75, 3.05) is 20.1 Å². The average molecular weight is 580 g/mol. The maximum Gasteiger partial charge on any atom is 0.222 e. The summed E-state index contributed by atoms with van der Waals surface area (Å²) in [7, 11) is 1.84. The van der Waals surface area contributed by atoms with E-state index >= 15 is 0 Å². The highest BCUT2D eigenvalue weighted by Crippen LogP contribution is 2.30. The first-order chi connectivity index (χ1) is 19.4. The molecule has 1 unspecified atom stereocenters. The second-order valence-corrected chi connectivity index (χ2v) is 9.15. The van der Waals surface area contributed by atoms with Crippen molar-refractivity contribution < 1.29 is 14.7 Å². The highest BCUT2D eigenvalue weighted by Gasteiger charge is 2.25. The first-order valence-electron chi connectivity index (χ1n) is 14.8. The van der Waals surface area contributed by atoms with Crippen LogP contribution < -0.4 is 5.32 Å². The molecule has 2 heterocycles. The topological polar surface area (TPSA) is 82.5 Å². The molecule has 7 heteroatoms. The summed E-state index contributed by atoms with van der Waals surface area (Å²) in [6.45, 7) is 24.6. The molecule has 2 N–H and O–H groups in total. The minimum absolute atomic E-state index is 0.269. The van der Waals surface area contributed by atoms with E-state index in [9.17, 15) is 9.59 Å². The zero-order valence-corrected chi connectivity index (χ0v) is 27.9. The standard InChI is InChI=1S/C15H22N2O2S.C6H10.C5H11NO.C3H6.2C2H6/c1-2-3-4-5-14(19)17-8-6-12(7-9-17)15-16-13(10-18)11-20-15;1-3-5-6-4-2;1-5(6-2)3-4-7;1-3-2;2*1-2/h10-12H,2-9H2,1H3;3-4,6H,1,5H2,2H3;3-7H,1-2H3;3H,1H2,2H3;2*1-2H3/b;6-4+;4-3+;;;. The summed E-state index contributed by atoms with van der Waals surface area (Å²) in [6.07, 6.45) is 18.1. The summed E-state index contributed by atoms with van der Waals surface area (Å²) in [5.41, 5.74) is 0.531. The van der Waals surface area contributed by atoms with Crippen molar-refractivity contribution in [1.82, 2.24) is 15.2 Å². The number of amides is 1. The fourth-order valence-electron chi connectivity index (χ4n) is 3.06. The Kier molecular flexibility index (Phi) is 40.6. The molecule has 0 spiro atoms. The van der Waals surface area contributed by atoms with Gasteiger partial charge in [-0.25, -0.2) is 4.98 Å². The maximum absolute atomic E-state index is 12.0. The largest absolute Gasteiger partial charge is 0.516 e. The molecule has 232 valence electrons. The quantitative estimate of drug-likeness (QED) is 0.125. The zero-order chi connectivity index (χ0) is 31.6. The monoisotopic (exact) mass is 579 g/mol. The van der Waals surface area contributed by atoms with Crippen LogP contribution in [0, 0.1) is 0 Å². The molecular formula is C33H61N3O3S. The van der Waals surface area contributed by atoms with E-state index in [0.717, 1.165) is 69.2 Å². The molecule has 1 amide bonds. The molecule has 0 bridgehead atoms. The molecule has 0 saturated carbocycles. The minimum Gasteiger partial charge on any atom is -0.516 e. The molecule has 1 aliphatic rings. The van der Waals surface area contributed by atoms with Crippen LogP contribution in [0.2, 0.25) is 0 Å². The summed E-state index contributed by atoms with van der Waals surface area (Å²) < 4.78 is 0. The second kappa shape index (κ2) is 36.5. The molecular weight excluding hydrogens is 518 g/mol. The Labute approximate surface area is 251 Å². The number of aliphatic hydroxyl groups is 1. The Morgan fingerprint density at radius 1 is 1.20 bits per heavy atom. The molecule has 1 aliphatic heterocycles. The van der Waals surface area contributed by atoms with Gasteiger partial charge in [-0.15, -0.1) is 24.5 Å². The van der Waals surface area contributed by atoms with Gasteiger partial charge in [0.25, 0.3) is 0 Å². The highest BCUT2D eigenvalue weighted by molar-refractivity contribution is 7.09. The minimum atomic E-state index is 0.269. The van der Waals surface area contributed by atoms with Crippen molar-refractivity contribution in [3.8, 4) is 0 Å². The van der Waals surface area contributed by atoms with Gasteiger partial charge in [-0.3, -0.25) is 9.59 Å². The van der Waals surface area contributed by atoms with Crippen LogP contribution in [0.1, 0.15) is 122 Å². The van der Waals surface area contributed by atoms with Crippen LogP contribution in [0.5, 0.6) is 0 Å². The lowest BCUT2D eigenvalue weighted by atomic mass is 9.97. The van der Waals surface area contributed by atoms with Crippen molar-refractivity contribution in [2.45, 2.75) is 112 Å². The number of piperidine rings is 1. The SMILES string of the molecule is C=CC.C=CC/C=C/C.CC.CC.CCCCCC(=O)N1CCC(c2nc(C=O)cs2)CC1.CNC(C)/C=C/O. The van der Waals surface area contributed by atoms with Crippen molar-refractivity contribution in [3.63, 3.8) is 0 Å². The number of allylic oxidation sites excluding steroid dienone is 4.